The van der Waals surface area contributed by atoms with Crippen LogP contribution in [0.2, 0.25) is 0 Å². The largest absolute Gasteiger partial charge is 0.296 e. The second-order valence-electron chi connectivity index (χ2n) is 5.80. The van der Waals surface area contributed by atoms with E-state index >= 15 is 0 Å². The molecule has 0 saturated carbocycles. The summed E-state index contributed by atoms with van der Waals surface area (Å²) in [6, 6.07) is 8.33. The molecule has 4 nitrogen and oxygen atoms in total. The quantitative estimate of drug-likeness (QED) is 0.619. The van der Waals surface area contributed by atoms with Crippen molar-refractivity contribution in [1.29, 1.82) is 0 Å². The lowest BCUT2D eigenvalue weighted by molar-refractivity contribution is 0.251. The second-order valence-corrected chi connectivity index (χ2v) is 6.53. The highest BCUT2D eigenvalue weighted by atomic mass is 32.1. The van der Waals surface area contributed by atoms with Gasteiger partial charge in [-0.25, -0.2) is 4.98 Å². The summed E-state index contributed by atoms with van der Waals surface area (Å²) in [5.74, 6) is 1.13. The molecule has 0 N–H and O–H groups in total. The van der Waals surface area contributed by atoms with Crippen LogP contribution in [-0.4, -0.2) is 31.7 Å². The van der Waals surface area contributed by atoms with Gasteiger partial charge in [0.2, 0.25) is 4.96 Å². The highest BCUT2D eigenvalue weighted by Gasteiger charge is 2.14. The van der Waals surface area contributed by atoms with Gasteiger partial charge in [-0.2, -0.15) is 4.37 Å². The maximum Gasteiger partial charge on any atom is 0.214 e. The molecule has 0 aliphatic rings. The monoisotopic (exact) mass is 316 g/mol. The van der Waals surface area contributed by atoms with Crippen molar-refractivity contribution < 1.29 is 0 Å². The summed E-state index contributed by atoms with van der Waals surface area (Å²) in [7, 11) is 0. The molecule has 3 rings (SSSR count). The van der Waals surface area contributed by atoms with Crippen LogP contribution in [0.1, 0.15) is 45.4 Å². The van der Waals surface area contributed by atoms with Crippen LogP contribution < -0.4 is 0 Å². The third kappa shape index (κ3) is 3.15. The van der Waals surface area contributed by atoms with Crippen LogP contribution in [0.5, 0.6) is 0 Å². The van der Waals surface area contributed by atoms with Crippen molar-refractivity contribution in [3.63, 3.8) is 0 Å². The van der Waals surface area contributed by atoms with Gasteiger partial charge in [0.05, 0.1) is 17.6 Å². The van der Waals surface area contributed by atoms with Crippen molar-refractivity contribution in [2.75, 3.05) is 13.1 Å². The van der Waals surface area contributed by atoms with Crippen molar-refractivity contribution in [2.24, 2.45) is 0 Å². The van der Waals surface area contributed by atoms with E-state index < -0.39 is 0 Å². The van der Waals surface area contributed by atoms with Gasteiger partial charge in [0.25, 0.3) is 0 Å². The number of aromatic nitrogens is 3. The zero-order valence-electron chi connectivity index (χ0n) is 13.5. The Morgan fingerprint density at radius 1 is 1.09 bits per heavy atom. The zero-order chi connectivity index (χ0) is 15.4. The third-order valence-corrected chi connectivity index (χ3v) is 4.78. The Kier molecular flexibility index (Phi) is 5.05. The lowest BCUT2D eigenvalue weighted by atomic mass is 10.2. The average Bonchev–Trinajstić information content (AvgIpc) is 3.09. The lowest BCUT2D eigenvalue weighted by Crippen LogP contribution is -2.26. The summed E-state index contributed by atoms with van der Waals surface area (Å²) in [4.78, 5) is 8.21. The van der Waals surface area contributed by atoms with E-state index in [0.29, 0.717) is 0 Å². The molecule has 0 saturated heterocycles. The van der Waals surface area contributed by atoms with E-state index in [2.05, 4.69) is 50.7 Å². The van der Waals surface area contributed by atoms with Gasteiger partial charge in [0.15, 0.2) is 0 Å². The van der Waals surface area contributed by atoms with Crippen LogP contribution in [0.25, 0.3) is 16.0 Å². The first-order valence-corrected chi connectivity index (χ1v) is 9.05. The first-order valence-electron chi connectivity index (χ1n) is 8.27. The smallest absolute Gasteiger partial charge is 0.214 e. The van der Waals surface area contributed by atoms with Crippen molar-refractivity contribution in [3.05, 3.63) is 30.1 Å². The Hall–Kier alpha value is -1.46. The van der Waals surface area contributed by atoms with Crippen molar-refractivity contribution in [3.8, 4) is 0 Å². The normalized spacial score (nSPS) is 12.0. The number of hydrogen-bond acceptors (Lipinski definition) is 4. The molecule has 0 fully saturated rings. The number of hydrogen-bond donors (Lipinski definition) is 0. The Balaban J connectivity index is 1.87. The summed E-state index contributed by atoms with van der Waals surface area (Å²) in [5.41, 5.74) is 2.23. The van der Waals surface area contributed by atoms with Crippen molar-refractivity contribution >= 4 is 27.5 Å². The predicted octanol–water partition coefficient (Wildman–Crippen LogP) is 4.35. The molecule has 0 spiro atoms. The first-order chi connectivity index (χ1) is 10.8. The molecule has 22 heavy (non-hydrogen) atoms. The van der Waals surface area contributed by atoms with E-state index in [4.69, 9.17) is 0 Å². The highest BCUT2D eigenvalue weighted by Crippen LogP contribution is 2.22. The number of imidazole rings is 1. The van der Waals surface area contributed by atoms with Gasteiger partial charge in [-0.05, 0) is 38.1 Å². The van der Waals surface area contributed by atoms with Gasteiger partial charge in [-0.15, -0.1) is 0 Å². The van der Waals surface area contributed by atoms with Crippen molar-refractivity contribution in [1.82, 2.24) is 18.7 Å². The van der Waals surface area contributed by atoms with Gasteiger partial charge in [-0.3, -0.25) is 9.30 Å². The molecule has 0 bridgehead atoms. The van der Waals surface area contributed by atoms with E-state index in [9.17, 15) is 0 Å². The fraction of sp³-hybridized carbons (Fsp3) is 0.529. The van der Waals surface area contributed by atoms with Crippen LogP contribution in [0, 0.1) is 0 Å². The minimum absolute atomic E-state index is 0.917. The number of fused-ring (bicyclic) bond motifs is 3. The topological polar surface area (TPSA) is 33.4 Å². The molecular weight excluding hydrogens is 292 g/mol. The molecule has 118 valence electrons. The fourth-order valence-corrected chi connectivity index (χ4v) is 3.53. The van der Waals surface area contributed by atoms with Gasteiger partial charge in [-0.1, -0.05) is 38.8 Å². The molecule has 0 aliphatic heterocycles. The molecule has 2 aromatic heterocycles. The minimum Gasteiger partial charge on any atom is -0.296 e. The van der Waals surface area contributed by atoms with Crippen LogP contribution in [0.4, 0.5) is 0 Å². The number of para-hydroxylation sites is 2. The molecular formula is C17H24N4S. The minimum atomic E-state index is 0.917. The van der Waals surface area contributed by atoms with E-state index in [-0.39, 0.29) is 0 Å². The van der Waals surface area contributed by atoms with Crippen LogP contribution >= 0.6 is 11.5 Å². The summed E-state index contributed by atoms with van der Waals surface area (Å²) < 4.78 is 6.89. The van der Waals surface area contributed by atoms with Crippen LogP contribution in [-0.2, 0) is 6.54 Å². The molecule has 0 unspecified atom stereocenters. The van der Waals surface area contributed by atoms with Crippen molar-refractivity contribution in [2.45, 2.75) is 46.1 Å². The van der Waals surface area contributed by atoms with E-state index in [1.54, 1.807) is 0 Å². The Labute approximate surface area is 135 Å². The summed E-state index contributed by atoms with van der Waals surface area (Å²) in [6.07, 6.45) is 4.98. The number of benzene rings is 1. The molecule has 0 atom stereocenters. The van der Waals surface area contributed by atoms with E-state index in [1.807, 2.05) is 6.07 Å². The zero-order valence-corrected chi connectivity index (χ0v) is 14.3. The number of nitrogens with zero attached hydrogens (tertiary/aromatic N) is 4. The standard InChI is InChI=1S/C17H24N4S/c1-3-5-11-20(12-6-4-2)13-16-19-22-17-18-14-9-7-8-10-15(14)21(16)17/h7-10H,3-6,11-13H2,1-2H3. The fourth-order valence-electron chi connectivity index (χ4n) is 2.78. The maximum absolute atomic E-state index is 4.67. The predicted molar refractivity (Wildman–Crippen MR) is 93.5 cm³/mol. The molecule has 0 amide bonds. The summed E-state index contributed by atoms with van der Waals surface area (Å²) in [5, 5.41) is 0. The Bertz CT molecular complexity index is 722. The SMILES string of the molecule is CCCCN(CCCC)Cc1nsc2nc3ccccc3n12. The Morgan fingerprint density at radius 2 is 1.82 bits per heavy atom. The van der Waals surface area contributed by atoms with Crippen LogP contribution in [0.15, 0.2) is 24.3 Å². The van der Waals surface area contributed by atoms with Gasteiger partial charge in [0, 0.05) is 11.5 Å². The number of rotatable bonds is 8. The summed E-state index contributed by atoms with van der Waals surface area (Å²) >= 11 is 1.50. The summed E-state index contributed by atoms with van der Waals surface area (Å²) in [6.45, 7) is 7.73. The Morgan fingerprint density at radius 3 is 2.55 bits per heavy atom. The first kappa shape index (κ1) is 15.4. The molecule has 0 radical (unpaired) electrons. The van der Waals surface area contributed by atoms with Crippen LogP contribution in [0.3, 0.4) is 0 Å². The average molecular weight is 316 g/mol. The molecule has 5 heteroatoms. The molecule has 3 aromatic rings. The number of unbranched alkanes of at least 4 members (excludes halogenated alkanes) is 2. The van der Waals surface area contributed by atoms with Gasteiger partial charge in [0.1, 0.15) is 5.82 Å². The lowest BCUT2D eigenvalue weighted by Gasteiger charge is -2.20. The van der Waals surface area contributed by atoms with Gasteiger partial charge < -0.3 is 0 Å². The molecule has 0 aliphatic carbocycles. The molecule has 2 heterocycles. The van der Waals surface area contributed by atoms with E-state index in [0.717, 1.165) is 35.9 Å². The molecule has 1 aromatic carbocycles. The third-order valence-electron chi connectivity index (χ3n) is 4.04. The maximum atomic E-state index is 4.67. The van der Waals surface area contributed by atoms with E-state index in [1.165, 1.54) is 42.7 Å². The second kappa shape index (κ2) is 7.20. The van der Waals surface area contributed by atoms with Gasteiger partial charge >= 0.3 is 0 Å². The highest BCUT2D eigenvalue weighted by molar-refractivity contribution is 7.11.